The van der Waals surface area contributed by atoms with Crippen molar-refractivity contribution in [3.63, 3.8) is 0 Å². The molecule has 6 heteroatoms. The molecule has 0 radical (unpaired) electrons. The summed E-state index contributed by atoms with van der Waals surface area (Å²) in [4.78, 5) is 4.29. The molecule has 3 rings (SSSR count). The Balaban J connectivity index is 0.00000208. The van der Waals surface area contributed by atoms with Gasteiger partial charge >= 0.3 is 0 Å². The quantitative estimate of drug-likeness (QED) is 0.328. The Kier molecular flexibility index (Phi) is 7.30. The number of benzene rings is 1. The molecule has 0 saturated carbocycles. The van der Waals surface area contributed by atoms with Crippen molar-refractivity contribution in [3.05, 3.63) is 60.4 Å². The van der Waals surface area contributed by atoms with Crippen LogP contribution in [0.3, 0.4) is 0 Å². The molecule has 0 spiro atoms. The smallest absolute Gasteiger partial charge is 0.191 e. The molecule has 24 heavy (non-hydrogen) atoms. The summed E-state index contributed by atoms with van der Waals surface area (Å²) in [5.41, 5.74) is 2.38. The molecule has 0 saturated heterocycles. The zero-order chi connectivity index (χ0) is 15.9. The van der Waals surface area contributed by atoms with Gasteiger partial charge in [-0.1, -0.05) is 24.3 Å². The van der Waals surface area contributed by atoms with Gasteiger partial charge in [0.1, 0.15) is 0 Å². The third kappa shape index (κ3) is 5.09. The number of hydrogen-bond acceptors (Lipinski definition) is 2. The van der Waals surface area contributed by atoms with Crippen LogP contribution in [0, 0.1) is 0 Å². The maximum absolute atomic E-state index is 4.29. The summed E-state index contributed by atoms with van der Waals surface area (Å²) in [6.45, 7) is 0.862. The average Bonchev–Trinajstić information content (AvgIpc) is 3.28. The van der Waals surface area contributed by atoms with Gasteiger partial charge in [-0.2, -0.15) is 5.10 Å². The number of aromatic nitrogens is 2. The van der Waals surface area contributed by atoms with E-state index in [0.717, 1.165) is 37.5 Å². The standard InChI is InChI=1S/C18H23N5.HI/c1-19-18(22-16-5-2-3-6-16)20-13-11-15-7-9-17(10-8-15)23-14-4-12-21-23;/h2-4,7-10,12,14,16H,5-6,11,13H2,1H3,(H2,19,20,22);1H. The van der Waals surface area contributed by atoms with Crippen LogP contribution in [0.2, 0.25) is 0 Å². The topological polar surface area (TPSA) is 54.2 Å². The van der Waals surface area contributed by atoms with Crippen LogP contribution in [0.4, 0.5) is 0 Å². The van der Waals surface area contributed by atoms with Crippen molar-refractivity contribution in [1.29, 1.82) is 0 Å². The minimum atomic E-state index is 0. The van der Waals surface area contributed by atoms with E-state index in [4.69, 9.17) is 0 Å². The molecule has 0 aliphatic heterocycles. The molecule has 2 N–H and O–H groups in total. The van der Waals surface area contributed by atoms with Crippen molar-refractivity contribution in [2.75, 3.05) is 13.6 Å². The third-order valence-electron chi connectivity index (χ3n) is 3.98. The van der Waals surface area contributed by atoms with Gasteiger partial charge in [0.15, 0.2) is 5.96 Å². The molecule has 1 aliphatic carbocycles. The summed E-state index contributed by atoms with van der Waals surface area (Å²) in [6.07, 6.45) is 11.3. The second kappa shape index (κ2) is 9.46. The molecule has 128 valence electrons. The maximum atomic E-state index is 4.29. The van der Waals surface area contributed by atoms with Crippen LogP contribution in [-0.2, 0) is 6.42 Å². The molecule has 0 bridgehead atoms. The van der Waals surface area contributed by atoms with E-state index in [1.54, 1.807) is 6.20 Å². The fourth-order valence-electron chi connectivity index (χ4n) is 2.69. The van der Waals surface area contributed by atoms with Gasteiger partial charge < -0.3 is 10.6 Å². The summed E-state index contributed by atoms with van der Waals surface area (Å²) < 4.78 is 1.86. The van der Waals surface area contributed by atoms with Crippen molar-refractivity contribution >= 4 is 29.9 Å². The first-order valence-electron chi connectivity index (χ1n) is 8.06. The van der Waals surface area contributed by atoms with Gasteiger partial charge in [-0.3, -0.25) is 4.99 Å². The average molecular weight is 437 g/mol. The minimum Gasteiger partial charge on any atom is -0.356 e. The van der Waals surface area contributed by atoms with Gasteiger partial charge in [-0.25, -0.2) is 4.68 Å². The van der Waals surface area contributed by atoms with E-state index in [0.29, 0.717) is 6.04 Å². The molecule has 0 unspecified atom stereocenters. The van der Waals surface area contributed by atoms with Gasteiger partial charge in [-0.05, 0) is 43.0 Å². The summed E-state index contributed by atoms with van der Waals surface area (Å²) >= 11 is 0. The van der Waals surface area contributed by atoms with Gasteiger partial charge in [0.25, 0.3) is 0 Å². The Hall–Kier alpha value is -1.83. The first-order valence-corrected chi connectivity index (χ1v) is 8.06. The Morgan fingerprint density at radius 1 is 1.25 bits per heavy atom. The number of rotatable bonds is 5. The maximum Gasteiger partial charge on any atom is 0.191 e. The van der Waals surface area contributed by atoms with Crippen LogP contribution in [-0.4, -0.2) is 35.4 Å². The normalized spacial score (nSPS) is 14.5. The number of nitrogens with zero attached hydrogens (tertiary/aromatic N) is 3. The first-order chi connectivity index (χ1) is 11.3. The molecule has 1 aliphatic rings. The molecule has 0 atom stereocenters. The first kappa shape index (κ1) is 18.5. The highest BCUT2D eigenvalue weighted by Crippen LogP contribution is 2.10. The Bertz CT molecular complexity index is 653. The van der Waals surface area contributed by atoms with Crippen LogP contribution in [0.15, 0.2) is 59.9 Å². The Morgan fingerprint density at radius 2 is 2.00 bits per heavy atom. The highest BCUT2D eigenvalue weighted by Gasteiger charge is 2.11. The van der Waals surface area contributed by atoms with Crippen LogP contribution < -0.4 is 10.6 Å². The fourth-order valence-corrected chi connectivity index (χ4v) is 2.69. The second-order valence-corrected chi connectivity index (χ2v) is 5.65. The third-order valence-corrected chi connectivity index (χ3v) is 3.98. The predicted octanol–water partition coefficient (Wildman–Crippen LogP) is 2.92. The van der Waals surface area contributed by atoms with Crippen molar-refractivity contribution in [2.45, 2.75) is 25.3 Å². The molecule has 0 fully saturated rings. The van der Waals surface area contributed by atoms with Crippen LogP contribution in [0.1, 0.15) is 18.4 Å². The molecule has 2 aromatic rings. The second-order valence-electron chi connectivity index (χ2n) is 5.65. The van der Waals surface area contributed by atoms with Gasteiger partial charge in [0.05, 0.1) is 5.69 Å². The molecule has 1 aromatic heterocycles. The van der Waals surface area contributed by atoms with E-state index in [2.05, 4.69) is 57.1 Å². The number of guanidine groups is 1. The number of aliphatic imine (C=N–C) groups is 1. The molecule has 0 amide bonds. The monoisotopic (exact) mass is 437 g/mol. The Labute approximate surface area is 160 Å². The van der Waals surface area contributed by atoms with E-state index >= 15 is 0 Å². The zero-order valence-electron chi connectivity index (χ0n) is 13.9. The number of halogens is 1. The number of hydrogen-bond donors (Lipinski definition) is 2. The summed E-state index contributed by atoms with van der Waals surface area (Å²) in [6, 6.07) is 10.9. The summed E-state index contributed by atoms with van der Waals surface area (Å²) in [7, 11) is 1.82. The van der Waals surface area contributed by atoms with Crippen molar-refractivity contribution < 1.29 is 0 Å². The van der Waals surface area contributed by atoms with E-state index < -0.39 is 0 Å². The van der Waals surface area contributed by atoms with Gasteiger partial charge in [-0.15, -0.1) is 24.0 Å². The lowest BCUT2D eigenvalue weighted by Crippen LogP contribution is -2.43. The van der Waals surface area contributed by atoms with Crippen molar-refractivity contribution in [1.82, 2.24) is 20.4 Å². The van der Waals surface area contributed by atoms with Crippen LogP contribution in [0.5, 0.6) is 0 Å². The molecule has 1 heterocycles. The predicted molar refractivity (Wildman–Crippen MR) is 109 cm³/mol. The molecule has 1 aromatic carbocycles. The minimum absolute atomic E-state index is 0. The zero-order valence-corrected chi connectivity index (χ0v) is 16.2. The lowest BCUT2D eigenvalue weighted by molar-refractivity contribution is 0.633. The van der Waals surface area contributed by atoms with E-state index in [1.807, 2.05) is 24.0 Å². The summed E-state index contributed by atoms with van der Waals surface area (Å²) in [5.74, 6) is 0.881. The highest BCUT2D eigenvalue weighted by molar-refractivity contribution is 14.0. The lowest BCUT2D eigenvalue weighted by atomic mass is 10.1. The number of nitrogens with one attached hydrogen (secondary N) is 2. The Morgan fingerprint density at radius 3 is 2.62 bits per heavy atom. The van der Waals surface area contributed by atoms with Crippen LogP contribution >= 0.6 is 24.0 Å². The highest BCUT2D eigenvalue weighted by atomic mass is 127. The molecule has 5 nitrogen and oxygen atoms in total. The fraction of sp³-hybridized carbons (Fsp3) is 0.333. The largest absolute Gasteiger partial charge is 0.356 e. The molecular formula is C18H24IN5. The van der Waals surface area contributed by atoms with E-state index in [9.17, 15) is 0 Å². The summed E-state index contributed by atoms with van der Waals surface area (Å²) in [5, 5.41) is 11.1. The van der Waals surface area contributed by atoms with Gasteiger partial charge in [0.2, 0.25) is 0 Å². The van der Waals surface area contributed by atoms with Crippen molar-refractivity contribution in [2.24, 2.45) is 4.99 Å². The SMILES string of the molecule is CN=C(NCCc1ccc(-n2cccn2)cc1)NC1CC=CC1.I. The van der Waals surface area contributed by atoms with Gasteiger partial charge in [0, 0.05) is 32.0 Å². The van der Waals surface area contributed by atoms with E-state index in [1.165, 1.54) is 5.56 Å². The molecular weight excluding hydrogens is 413 g/mol. The van der Waals surface area contributed by atoms with Crippen molar-refractivity contribution in [3.8, 4) is 5.69 Å². The van der Waals surface area contributed by atoms with Crippen LogP contribution in [0.25, 0.3) is 5.69 Å². The van der Waals surface area contributed by atoms with E-state index in [-0.39, 0.29) is 24.0 Å². The lowest BCUT2D eigenvalue weighted by Gasteiger charge is -2.16.